The van der Waals surface area contributed by atoms with Crippen LogP contribution >= 0.6 is 0 Å². The van der Waals surface area contributed by atoms with E-state index in [1.54, 1.807) is 0 Å². The standard InChI is InChI=1S/C16H24O3/c1-4-14-15(11-18-16(19-14)12(2)3)17-10-13-8-6-5-7-9-13/h5-9,12,14-16H,4,10-11H2,1-3H3. The normalized spacial score (nSPS) is 27.7. The first kappa shape index (κ1) is 14.5. The lowest BCUT2D eigenvalue weighted by molar-refractivity contribution is -0.276. The molecule has 106 valence electrons. The van der Waals surface area contributed by atoms with Gasteiger partial charge in [-0.25, -0.2) is 0 Å². The molecule has 1 saturated heterocycles. The van der Waals surface area contributed by atoms with Gasteiger partial charge in [-0.2, -0.15) is 0 Å². The van der Waals surface area contributed by atoms with E-state index in [-0.39, 0.29) is 18.5 Å². The summed E-state index contributed by atoms with van der Waals surface area (Å²) in [6.07, 6.45) is 1.01. The summed E-state index contributed by atoms with van der Waals surface area (Å²) in [4.78, 5) is 0. The Morgan fingerprint density at radius 1 is 1.26 bits per heavy atom. The largest absolute Gasteiger partial charge is 0.368 e. The van der Waals surface area contributed by atoms with Crippen LogP contribution in [0.25, 0.3) is 0 Å². The predicted molar refractivity (Wildman–Crippen MR) is 74.8 cm³/mol. The monoisotopic (exact) mass is 264 g/mol. The van der Waals surface area contributed by atoms with Crippen molar-refractivity contribution in [3.05, 3.63) is 35.9 Å². The van der Waals surface area contributed by atoms with E-state index in [9.17, 15) is 0 Å². The summed E-state index contributed by atoms with van der Waals surface area (Å²) in [5, 5.41) is 0. The first-order chi connectivity index (χ1) is 9.20. The zero-order chi connectivity index (χ0) is 13.7. The smallest absolute Gasteiger partial charge is 0.160 e. The third-order valence-corrected chi connectivity index (χ3v) is 3.40. The van der Waals surface area contributed by atoms with Gasteiger partial charge in [0.25, 0.3) is 0 Å². The van der Waals surface area contributed by atoms with Crippen LogP contribution in [0.1, 0.15) is 32.8 Å². The highest BCUT2D eigenvalue weighted by Crippen LogP contribution is 2.23. The van der Waals surface area contributed by atoms with E-state index in [0.717, 1.165) is 6.42 Å². The van der Waals surface area contributed by atoms with E-state index in [0.29, 0.717) is 19.1 Å². The highest BCUT2D eigenvalue weighted by Gasteiger charge is 2.32. The van der Waals surface area contributed by atoms with Crippen molar-refractivity contribution in [3.63, 3.8) is 0 Å². The Labute approximate surface area is 115 Å². The molecular formula is C16H24O3. The third kappa shape index (κ3) is 4.03. The molecule has 1 aliphatic rings. The second-order valence-corrected chi connectivity index (χ2v) is 5.36. The fraction of sp³-hybridized carbons (Fsp3) is 0.625. The summed E-state index contributed by atoms with van der Waals surface area (Å²) in [5.41, 5.74) is 1.18. The molecule has 0 N–H and O–H groups in total. The van der Waals surface area contributed by atoms with E-state index >= 15 is 0 Å². The minimum atomic E-state index is -0.0958. The Morgan fingerprint density at radius 2 is 2.00 bits per heavy atom. The average molecular weight is 264 g/mol. The first-order valence-corrected chi connectivity index (χ1v) is 7.13. The van der Waals surface area contributed by atoms with Crippen LogP contribution in [-0.2, 0) is 20.8 Å². The number of hydrogen-bond acceptors (Lipinski definition) is 3. The topological polar surface area (TPSA) is 27.7 Å². The Bertz CT molecular complexity index is 364. The van der Waals surface area contributed by atoms with Crippen molar-refractivity contribution in [1.29, 1.82) is 0 Å². The second-order valence-electron chi connectivity index (χ2n) is 5.36. The predicted octanol–water partition coefficient (Wildman–Crippen LogP) is 3.38. The van der Waals surface area contributed by atoms with Gasteiger partial charge in [-0.15, -0.1) is 0 Å². The van der Waals surface area contributed by atoms with Gasteiger partial charge in [0.2, 0.25) is 0 Å². The lowest BCUT2D eigenvalue weighted by atomic mass is 10.1. The van der Waals surface area contributed by atoms with E-state index < -0.39 is 0 Å². The molecule has 3 heteroatoms. The zero-order valence-corrected chi connectivity index (χ0v) is 12.0. The highest BCUT2D eigenvalue weighted by molar-refractivity contribution is 5.13. The van der Waals surface area contributed by atoms with Crippen molar-refractivity contribution >= 4 is 0 Å². The molecule has 0 aromatic heterocycles. The maximum absolute atomic E-state index is 5.95. The van der Waals surface area contributed by atoms with E-state index in [4.69, 9.17) is 14.2 Å². The van der Waals surface area contributed by atoms with Gasteiger partial charge < -0.3 is 14.2 Å². The van der Waals surface area contributed by atoms with Gasteiger partial charge >= 0.3 is 0 Å². The van der Waals surface area contributed by atoms with Gasteiger partial charge in [0.1, 0.15) is 6.10 Å². The van der Waals surface area contributed by atoms with Crippen LogP contribution in [0.5, 0.6) is 0 Å². The summed E-state index contributed by atoms with van der Waals surface area (Å²) in [7, 11) is 0. The second kappa shape index (κ2) is 7.04. The molecule has 3 nitrogen and oxygen atoms in total. The summed E-state index contributed by atoms with van der Waals surface area (Å²) in [6.45, 7) is 7.59. The molecule has 1 heterocycles. The Balaban J connectivity index is 1.86. The van der Waals surface area contributed by atoms with Crippen LogP contribution < -0.4 is 0 Å². The fourth-order valence-corrected chi connectivity index (χ4v) is 2.24. The molecule has 0 aliphatic carbocycles. The molecule has 1 aromatic rings. The maximum Gasteiger partial charge on any atom is 0.160 e. The van der Waals surface area contributed by atoms with E-state index in [1.165, 1.54) is 5.56 Å². The van der Waals surface area contributed by atoms with Crippen LogP contribution in [-0.4, -0.2) is 25.1 Å². The molecule has 1 aromatic carbocycles. The third-order valence-electron chi connectivity index (χ3n) is 3.40. The van der Waals surface area contributed by atoms with Gasteiger partial charge in [0.05, 0.1) is 19.3 Å². The van der Waals surface area contributed by atoms with Crippen LogP contribution in [0, 0.1) is 5.92 Å². The molecule has 0 saturated carbocycles. The van der Waals surface area contributed by atoms with Crippen LogP contribution in [0.15, 0.2) is 30.3 Å². The zero-order valence-electron chi connectivity index (χ0n) is 12.0. The van der Waals surface area contributed by atoms with Crippen molar-refractivity contribution in [2.75, 3.05) is 6.61 Å². The van der Waals surface area contributed by atoms with Gasteiger partial charge in [0.15, 0.2) is 6.29 Å². The van der Waals surface area contributed by atoms with Crippen LogP contribution in [0.2, 0.25) is 0 Å². The Hall–Kier alpha value is -0.900. The van der Waals surface area contributed by atoms with Gasteiger partial charge in [-0.1, -0.05) is 51.1 Å². The fourth-order valence-electron chi connectivity index (χ4n) is 2.24. The number of hydrogen-bond donors (Lipinski definition) is 0. The molecular weight excluding hydrogens is 240 g/mol. The molecule has 3 atom stereocenters. The molecule has 1 fully saturated rings. The molecule has 0 radical (unpaired) electrons. The molecule has 0 spiro atoms. The lowest BCUT2D eigenvalue weighted by Crippen LogP contribution is -2.46. The quantitative estimate of drug-likeness (QED) is 0.816. The van der Waals surface area contributed by atoms with Crippen molar-refractivity contribution < 1.29 is 14.2 Å². The first-order valence-electron chi connectivity index (χ1n) is 7.13. The van der Waals surface area contributed by atoms with Crippen LogP contribution in [0.4, 0.5) is 0 Å². The van der Waals surface area contributed by atoms with Gasteiger partial charge in [-0.3, -0.25) is 0 Å². The van der Waals surface area contributed by atoms with Crippen molar-refractivity contribution in [2.45, 2.75) is 52.3 Å². The Morgan fingerprint density at radius 3 is 2.63 bits per heavy atom. The summed E-state index contributed by atoms with van der Waals surface area (Å²) in [5.74, 6) is 0.379. The van der Waals surface area contributed by atoms with Crippen molar-refractivity contribution in [3.8, 4) is 0 Å². The van der Waals surface area contributed by atoms with Gasteiger partial charge in [0, 0.05) is 5.92 Å². The molecule has 3 unspecified atom stereocenters. The summed E-state index contributed by atoms with van der Waals surface area (Å²) in [6, 6.07) is 10.2. The minimum Gasteiger partial charge on any atom is -0.368 e. The molecule has 1 aliphatic heterocycles. The minimum absolute atomic E-state index is 0.0280. The number of benzene rings is 1. The number of ether oxygens (including phenoxy) is 3. The summed E-state index contributed by atoms with van der Waals surface area (Å²) >= 11 is 0. The molecule has 0 bridgehead atoms. The summed E-state index contributed by atoms with van der Waals surface area (Å²) < 4.78 is 17.6. The maximum atomic E-state index is 5.95. The molecule has 0 amide bonds. The lowest BCUT2D eigenvalue weighted by Gasteiger charge is -2.37. The van der Waals surface area contributed by atoms with Crippen LogP contribution in [0.3, 0.4) is 0 Å². The van der Waals surface area contributed by atoms with Crippen molar-refractivity contribution in [2.24, 2.45) is 5.92 Å². The highest BCUT2D eigenvalue weighted by atomic mass is 16.7. The SMILES string of the molecule is CCC1OC(C(C)C)OCC1OCc1ccccc1. The van der Waals surface area contributed by atoms with Crippen molar-refractivity contribution in [1.82, 2.24) is 0 Å². The van der Waals surface area contributed by atoms with E-state index in [1.807, 2.05) is 18.2 Å². The average Bonchev–Trinajstić information content (AvgIpc) is 2.45. The van der Waals surface area contributed by atoms with Gasteiger partial charge in [-0.05, 0) is 12.0 Å². The molecule has 19 heavy (non-hydrogen) atoms. The van der Waals surface area contributed by atoms with E-state index in [2.05, 4.69) is 32.9 Å². The molecule has 2 rings (SSSR count). The Kier molecular flexibility index (Phi) is 5.37. The number of rotatable bonds is 5.